The molecule has 2 aliphatic rings. The van der Waals surface area contributed by atoms with Crippen molar-refractivity contribution in [2.45, 2.75) is 25.7 Å². The highest BCUT2D eigenvalue weighted by Gasteiger charge is 2.34. The molecule has 3 nitrogen and oxygen atoms in total. The predicted octanol–water partition coefficient (Wildman–Crippen LogP) is 2.93. The first-order chi connectivity index (χ1) is 9.81. The van der Waals surface area contributed by atoms with Gasteiger partial charge in [0, 0.05) is 18.6 Å². The molecule has 3 unspecified atom stereocenters. The summed E-state index contributed by atoms with van der Waals surface area (Å²) < 4.78 is 0. The Morgan fingerprint density at radius 3 is 2.80 bits per heavy atom. The van der Waals surface area contributed by atoms with Crippen LogP contribution >= 0.6 is 0 Å². The summed E-state index contributed by atoms with van der Waals surface area (Å²) in [6.07, 6.45) is 10.2. The number of aryl methyl sites for hydroxylation is 1. The van der Waals surface area contributed by atoms with Gasteiger partial charge in [-0.2, -0.15) is 5.10 Å². The highest BCUT2D eigenvalue weighted by molar-refractivity contribution is 5.77. The van der Waals surface area contributed by atoms with E-state index in [4.69, 9.17) is 0 Å². The van der Waals surface area contributed by atoms with Crippen LogP contribution in [0, 0.1) is 17.8 Å². The van der Waals surface area contributed by atoms with Gasteiger partial charge < -0.3 is 0 Å². The molecule has 104 valence electrons. The first-order valence-corrected chi connectivity index (χ1v) is 7.35. The minimum atomic E-state index is -0.0104. The Hall–Kier alpha value is -1.90. The summed E-state index contributed by atoms with van der Waals surface area (Å²) in [6.45, 7) is 0. The maximum Gasteiger partial charge on any atom is 0.240 e. The monoisotopic (exact) mass is 268 g/mol. The van der Waals surface area contributed by atoms with E-state index in [0.717, 1.165) is 12.3 Å². The van der Waals surface area contributed by atoms with Crippen LogP contribution in [-0.2, 0) is 11.2 Å². The van der Waals surface area contributed by atoms with Crippen molar-refractivity contribution in [2.24, 2.45) is 22.9 Å². The number of amides is 1. The highest BCUT2D eigenvalue weighted by Crippen LogP contribution is 2.42. The third-order valence-electron chi connectivity index (χ3n) is 4.27. The molecular formula is C17H20N2O. The van der Waals surface area contributed by atoms with Crippen LogP contribution in [0.4, 0.5) is 0 Å². The molecule has 2 aliphatic carbocycles. The maximum absolute atomic E-state index is 11.7. The number of carbonyl (C=O) groups excluding carboxylic acids is 1. The Balaban J connectivity index is 1.40. The van der Waals surface area contributed by atoms with Crippen molar-refractivity contribution in [3.05, 3.63) is 48.0 Å². The zero-order chi connectivity index (χ0) is 13.8. The molecule has 1 fully saturated rings. The van der Waals surface area contributed by atoms with Gasteiger partial charge in [-0.25, -0.2) is 5.43 Å². The normalized spacial score (nSPS) is 27.3. The lowest BCUT2D eigenvalue weighted by Gasteiger charge is -2.11. The van der Waals surface area contributed by atoms with E-state index in [1.807, 2.05) is 36.5 Å². The Morgan fingerprint density at radius 1 is 1.25 bits per heavy atom. The zero-order valence-corrected chi connectivity index (χ0v) is 11.5. The summed E-state index contributed by atoms with van der Waals surface area (Å²) in [5.41, 5.74) is 3.83. The molecule has 20 heavy (non-hydrogen) atoms. The molecule has 1 aromatic rings. The standard InChI is InChI=1S/C17H20N2O/c20-17(9-7-13-4-2-1-3-5-13)19-18-12-16-11-14-6-8-15(16)10-14/h1-6,8,12,14-16H,7,9-11H2,(H,19,20)/b18-12+. The molecule has 3 atom stereocenters. The van der Waals surface area contributed by atoms with Crippen molar-refractivity contribution < 1.29 is 4.79 Å². The van der Waals surface area contributed by atoms with E-state index in [-0.39, 0.29) is 5.91 Å². The minimum Gasteiger partial charge on any atom is -0.273 e. The average Bonchev–Trinajstić information content (AvgIpc) is 3.09. The summed E-state index contributed by atoms with van der Waals surface area (Å²) >= 11 is 0. The second-order valence-electron chi connectivity index (χ2n) is 5.74. The number of allylic oxidation sites excluding steroid dienone is 2. The lowest BCUT2D eigenvalue weighted by atomic mass is 9.95. The van der Waals surface area contributed by atoms with Gasteiger partial charge in [-0.05, 0) is 36.7 Å². The van der Waals surface area contributed by atoms with Gasteiger partial charge in [-0.3, -0.25) is 4.79 Å². The number of nitrogens with one attached hydrogen (secondary N) is 1. The molecule has 1 amide bonds. The van der Waals surface area contributed by atoms with Gasteiger partial charge in [0.25, 0.3) is 0 Å². The number of hydrazone groups is 1. The number of fused-ring (bicyclic) bond motifs is 2. The predicted molar refractivity (Wildman–Crippen MR) is 80.2 cm³/mol. The second-order valence-corrected chi connectivity index (χ2v) is 5.74. The SMILES string of the molecule is O=C(CCc1ccccc1)N/N=C/C1CC2C=CC1C2. The molecule has 0 saturated heterocycles. The molecule has 1 N–H and O–H groups in total. The van der Waals surface area contributed by atoms with Crippen LogP contribution in [0.3, 0.4) is 0 Å². The molecule has 1 saturated carbocycles. The summed E-state index contributed by atoms with van der Waals surface area (Å²) in [5, 5.41) is 4.13. The third kappa shape index (κ3) is 3.16. The fourth-order valence-corrected chi connectivity index (χ4v) is 3.16. The quantitative estimate of drug-likeness (QED) is 0.498. The first kappa shape index (κ1) is 13.1. The van der Waals surface area contributed by atoms with Gasteiger partial charge in [0.15, 0.2) is 0 Å². The van der Waals surface area contributed by atoms with Crippen molar-refractivity contribution in [3.63, 3.8) is 0 Å². The number of rotatable bonds is 5. The third-order valence-corrected chi connectivity index (χ3v) is 4.27. The van der Waals surface area contributed by atoms with Crippen LogP contribution in [0.15, 0.2) is 47.6 Å². The molecule has 0 aliphatic heterocycles. The number of nitrogens with zero attached hydrogens (tertiary/aromatic N) is 1. The van der Waals surface area contributed by atoms with Gasteiger partial charge >= 0.3 is 0 Å². The van der Waals surface area contributed by atoms with Gasteiger partial charge in [-0.15, -0.1) is 0 Å². The van der Waals surface area contributed by atoms with Gasteiger partial charge in [-0.1, -0.05) is 42.5 Å². The number of hydrogen-bond donors (Lipinski definition) is 1. The van der Waals surface area contributed by atoms with Crippen LogP contribution in [0.25, 0.3) is 0 Å². The largest absolute Gasteiger partial charge is 0.273 e. The fraction of sp³-hybridized carbons (Fsp3) is 0.412. The number of carbonyl (C=O) groups is 1. The topological polar surface area (TPSA) is 41.5 Å². The van der Waals surface area contributed by atoms with E-state index >= 15 is 0 Å². The summed E-state index contributed by atoms with van der Waals surface area (Å²) in [7, 11) is 0. The Labute approximate surface area is 119 Å². The average molecular weight is 268 g/mol. The molecule has 2 bridgehead atoms. The molecule has 0 heterocycles. The van der Waals surface area contributed by atoms with Gasteiger partial charge in [0.05, 0.1) is 0 Å². The lowest BCUT2D eigenvalue weighted by Crippen LogP contribution is -2.19. The second kappa shape index (κ2) is 6.04. The Morgan fingerprint density at radius 2 is 2.10 bits per heavy atom. The molecule has 0 aromatic heterocycles. The first-order valence-electron chi connectivity index (χ1n) is 7.35. The van der Waals surface area contributed by atoms with E-state index < -0.39 is 0 Å². The van der Waals surface area contributed by atoms with Crippen LogP contribution in [0.5, 0.6) is 0 Å². The lowest BCUT2D eigenvalue weighted by molar-refractivity contribution is -0.121. The Kier molecular flexibility index (Phi) is 3.95. The molecule has 3 rings (SSSR count). The maximum atomic E-state index is 11.7. The molecular weight excluding hydrogens is 248 g/mol. The van der Waals surface area contributed by atoms with E-state index in [1.165, 1.54) is 18.4 Å². The highest BCUT2D eigenvalue weighted by atomic mass is 16.2. The van der Waals surface area contributed by atoms with Gasteiger partial charge in [0.1, 0.15) is 0 Å². The molecule has 0 radical (unpaired) electrons. The summed E-state index contributed by atoms with van der Waals surface area (Å²) in [4.78, 5) is 11.7. The van der Waals surface area contributed by atoms with Crippen molar-refractivity contribution in [2.75, 3.05) is 0 Å². The number of hydrogen-bond acceptors (Lipinski definition) is 2. The van der Waals surface area contributed by atoms with Crippen LogP contribution in [-0.4, -0.2) is 12.1 Å². The van der Waals surface area contributed by atoms with Crippen LogP contribution in [0.2, 0.25) is 0 Å². The molecule has 3 heteroatoms. The van der Waals surface area contributed by atoms with Crippen molar-refractivity contribution in [3.8, 4) is 0 Å². The van der Waals surface area contributed by atoms with Crippen molar-refractivity contribution in [1.82, 2.24) is 5.43 Å². The van der Waals surface area contributed by atoms with Crippen molar-refractivity contribution >= 4 is 12.1 Å². The molecule has 1 aromatic carbocycles. The number of benzene rings is 1. The minimum absolute atomic E-state index is 0.0104. The van der Waals surface area contributed by atoms with Crippen LogP contribution < -0.4 is 5.43 Å². The van der Waals surface area contributed by atoms with E-state index in [0.29, 0.717) is 18.3 Å². The van der Waals surface area contributed by atoms with Crippen LogP contribution in [0.1, 0.15) is 24.8 Å². The van der Waals surface area contributed by atoms with Crippen molar-refractivity contribution in [1.29, 1.82) is 0 Å². The summed E-state index contributed by atoms with van der Waals surface area (Å²) in [6, 6.07) is 10.1. The molecule has 0 spiro atoms. The Bertz CT molecular complexity index is 521. The zero-order valence-electron chi connectivity index (χ0n) is 11.5. The smallest absolute Gasteiger partial charge is 0.240 e. The van der Waals surface area contributed by atoms with E-state index in [2.05, 4.69) is 22.7 Å². The van der Waals surface area contributed by atoms with E-state index in [1.54, 1.807) is 0 Å². The summed E-state index contributed by atoms with van der Waals surface area (Å²) in [5.74, 6) is 1.89. The fourth-order valence-electron chi connectivity index (χ4n) is 3.16. The van der Waals surface area contributed by atoms with E-state index in [9.17, 15) is 4.79 Å². The van der Waals surface area contributed by atoms with Gasteiger partial charge in [0.2, 0.25) is 5.91 Å².